The van der Waals surface area contributed by atoms with Gasteiger partial charge in [0, 0.05) is 19.6 Å². The van der Waals surface area contributed by atoms with Crippen LogP contribution in [0, 0.1) is 0 Å². The quantitative estimate of drug-likeness (QED) is 0.572. The van der Waals surface area contributed by atoms with Gasteiger partial charge in [0.2, 0.25) is 0 Å². The summed E-state index contributed by atoms with van der Waals surface area (Å²) >= 11 is 1.68. The monoisotopic (exact) mass is 435 g/mol. The van der Waals surface area contributed by atoms with Crippen LogP contribution in [0.25, 0.3) is 10.2 Å². The largest absolute Gasteiger partial charge is 0.444 e. The molecule has 1 aliphatic heterocycles. The molecule has 1 saturated heterocycles. The van der Waals surface area contributed by atoms with Gasteiger partial charge in [-0.15, -0.1) is 11.3 Å². The van der Waals surface area contributed by atoms with Crippen LogP contribution in [0.15, 0.2) is 29.8 Å². The molecule has 0 radical (unpaired) electrons. The summed E-state index contributed by atoms with van der Waals surface area (Å²) in [7, 11) is 0. The topological polar surface area (TPSA) is 72.0 Å². The molecule has 1 fully saturated rings. The van der Waals surface area contributed by atoms with Crippen LogP contribution in [0.1, 0.15) is 48.5 Å². The highest BCUT2D eigenvalue weighted by atomic mass is 32.1. The predicted molar refractivity (Wildman–Crippen MR) is 120 cm³/mol. The standard InChI is InChI=1S/C15H28N2O4.C7H5NS/c1-11-10-16(12(18)20-14(2,3)4)8-9-17(11)13(19)21-15(5,6)7;1-2-4-7-6(3-1)8-5-9-7/h11H,8-10H2,1-7H3;1-5H. The zero-order valence-electron chi connectivity index (χ0n) is 19.0. The summed E-state index contributed by atoms with van der Waals surface area (Å²) in [6, 6.07) is 8.03. The average molecular weight is 436 g/mol. The fourth-order valence-electron chi connectivity index (χ4n) is 2.85. The second-order valence-electron chi connectivity index (χ2n) is 9.27. The number of benzene rings is 1. The smallest absolute Gasteiger partial charge is 0.410 e. The van der Waals surface area contributed by atoms with E-state index in [1.54, 1.807) is 21.1 Å². The Kier molecular flexibility index (Phi) is 7.69. The van der Waals surface area contributed by atoms with E-state index in [-0.39, 0.29) is 18.2 Å². The fraction of sp³-hybridized carbons (Fsp3) is 0.591. The minimum absolute atomic E-state index is 0.0962. The van der Waals surface area contributed by atoms with Crippen LogP contribution < -0.4 is 0 Å². The average Bonchev–Trinajstić information content (AvgIpc) is 3.07. The minimum Gasteiger partial charge on any atom is -0.444 e. The molecule has 2 amide bonds. The molecule has 2 heterocycles. The molecular weight excluding hydrogens is 402 g/mol. The van der Waals surface area contributed by atoms with Crippen LogP contribution in [-0.2, 0) is 9.47 Å². The molecule has 0 aliphatic carbocycles. The van der Waals surface area contributed by atoms with E-state index in [1.807, 2.05) is 72.2 Å². The highest BCUT2D eigenvalue weighted by Gasteiger charge is 2.34. The number of amides is 2. The molecule has 1 aliphatic rings. The number of nitrogens with zero attached hydrogens (tertiary/aromatic N) is 3. The zero-order chi connectivity index (χ0) is 22.5. The molecule has 0 spiro atoms. The number of carbonyl (C=O) groups excluding carboxylic acids is 2. The summed E-state index contributed by atoms with van der Waals surface area (Å²) in [6.07, 6.45) is -0.669. The van der Waals surface area contributed by atoms with E-state index in [0.29, 0.717) is 19.6 Å². The van der Waals surface area contributed by atoms with Crippen LogP contribution in [0.3, 0.4) is 0 Å². The van der Waals surface area contributed by atoms with Gasteiger partial charge < -0.3 is 19.3 Å². The lowest BCUT2D eigenvalue weighted by Gasteiger charge is -2.40. The maximum Gasteiger partial charge on any atom is 0.410 e. The number of para-hydroxylation sites is 1. The van der Waals surface area contributed by atoms with Gasteiger partial charge in [-0.2, -0.15) is 0 Å². The van der Waals surface area contributed by atoms with E-state index in [1.165, 1.54) is 4.70 Å². The third-order valence-corrected chi connectivity index (χ3v) is 4.95. The van der Waals surface area contributed by atoms with Gasteiger partial charge in [0.1, 0.15) is 11.2 Å². The normalized spacial score (nSPS) is 17.2. The summed E-state index contributed by atoms with van der Waals surface area (Å²) < 4.78 is 12.0. The molecule has 0 N–H and O–H groups in total. The van der Waals surface area contributed by atoms with E-state index in [9.17, 15) is 9.59 Å². The number of rotatable bonds is 0. The van der Waals surface area contributed by atoms with Gasteiger partial charge in [0.05, 0.1) is 21.8 Å². The van der Waals surface area contributed by atoms with Crippen LogP contribution in [-0.4, -0.2) is 63.8 Å². The number of thiazole rings is 1. The highest BCUT2D eigenvalue weighted by Crippen LogP contribution is 2.18. The van der Waals surface area contributed by atoms with E-state index in [2.05, 4.69) is 11.1 Å². The van der Waals surface area contributed by atoms with Gasteiger partial charge in [0.25, 0.3) is 0 Å². The third kappa shape index (κ3) is 7.48. The van der Waals surface area contributed by atoms with Crippen molar-refractivity contribution in [3.63, 3.8) is 0 Å². The molecule has 3 rings (SSSR count). The van der Waals surface area contributed by atoms with Crippen LogP contribution in [0.4, 0.5) is 9.59 Å². The van der Waals surface area contributed by atoms with Crippen molar-refractivity contribution < 1.29 is 19.1 Å². The van der Waals surface area contributed by atoms with Crippen LogP contribution >= 0.6 is 11.3 Å². The Labute approximate surface area is 183 Å². The van der Waals surface area contributed by atoms with Gasteiger partial charge in [0.15, 0.2) is 0 Å². The van der Waals surface area contributed by atoms with E-state index in [4.69, 9.17) is 9.47 Å². The predicted octanol–water partition coefficient (Wildman–Crippen LogP) is 5.16. The summed E-state index contributed by atoms with van der Waals surface area (Å²) in [5.41, 5.74) is 1.94. The molecule has 7 nitrogen and oxygen atoms in total. The number of hydrogen-bond acceptors (Lipinski definition) is 6. The molecule has 0 saturated carbocycles. The summed E-state index contributed by atoms with van der Waals surface area (Å²) in [5, 5.41) is 0. The Morgan fingerprint density at radius 2 is 1.60 bits per heavy atom. The van der Waals surface area contributed by atoms with Gasteiger partial charge in [-0.3, -0.25) is 0 Å². The fourth-order valence-corrected chi connectivity index (χ4v) is 3.52. The Balaban J connectivity index is 0.000000290. The summed E-state index contributed by atoms with van der Waals surface area (Å²) in [5.74, 6) is 0. The SMILES string of the molecule is CC1CN(C(=O)OC(C)(C)C)CCN1C(=O)OC(C)(C)C.c1ccc2scnc2c1. The third-order valence-electron chi connectivity index (χ3n) is 4.14. The van der Waals surface area contributed by atoms with E-state index < -0.39 is 11.2 Å². The van der Waals surface area contributed by atoms with Crippen molar-refractivity contribution in [2.45, 2.75) is 65.7 Å². The second kappa shape index (κ2) is 9.64. The molecule has 1 atom stereocenters. The molecule has 8 heteroatoms. The number of hydrogen-bond donors (Lipinski definition) is 0. The number of aromatic nitrogens is 1. The lowest BCUT2D eigenvalue weighted by molar-refractivity contribution is -0.0122. The maximum absolute atomic E-state index is 12.1. The Hall–Kier alpha value is -2.35. The number of ether oxygens (including phenoxy) is 2. The Bertz CT molecular complexity index is 824. The van der Waals surface area contributed by atoms with Crippen molar-refractivity contribution in [1.82, 2.24) is 14.8 Å². The first kappa shape index (κ1) is 23.9. The maximum atomic E-state index is 12.1. The van der Waals surface area contributed by atoms with E-state index in [0.717, 1.165) is 5.52 Å². The molecule has 166 valence electrons. The van der Waals surface area contributed by atoms with Gasteiger partial charge in [-0.05, 0) is 60.6 Å². The van der Waals surface area contributed by atoms with Gasteiger partial charge in [-0.1, -0.05) is 12.1 Å². The van der Waals surface area contributed by atoms with Crippen molar-refractivity contribution >= 4 is 33.7 Å². The first-order valence-corrected chi connectivity index (χ1v) is 11.0. The zero-order valence-corrected chi connectivity index (χ0v) is 19.8. The minimum atomic E-state index is -0.515. The second-order valence-corrected chi connectivity index (χ2v) is 10.2. The van der Waals surface area contributed by atoms with Crippen molar-refractivity contribution in [2.75, 3.05) is 19.6 Å². The van der Waals surface area contributed by atoms with Crippen molar-refractivity contribution in [2.24, 2.45) is 0 Å². The van der Waals surface area contributed by atoms with Gasteiger partial charge in [-0.25, -0.2) is 14.6 Å². The molecule has 30 heavy (non-hydrogen) atoms. The summed E-state index contributed by atoms with van der Waals surface area (Å²) in [6.45, 7) is 14.3. The Morgan fingerprint density at radius 3 is 2.17 bits per heavy atom. The van der Waals surface area contributed by atoms with Crippen LogP contribution in [0.5, 0.6) is 0 Å². The van der Waals surface area contributed by atoms with E-state index >= 15 is 0 Å². The van der Waals surface area contributed by atoms with Gasteiger partial charge >= 0.3 is 12.2 Å². The lowest BCUT2D eigenvalue weighted by atomic mass is 10.2. The molecule has 2 aromatic rings. The van der Waals surface area contributed by atoms with Crippen molar-refractivity contribution in [3.8, 4) is 0 Å². The molecular formula is C22H33N3O4S. The van der Waals surface area contributed by atoms with Crippen molar-refractivity contribution in [3.05, 3.63) is 29.8 Å². The molecule has 1 unspecified atom stereocenters. The lowest BCUT2D eigenvalue weighted by Crippen LogP contribution is -2.56. The summed E-state index contributed by atoms with van der Waals surface area (Å²) in [4.78, 5) is 31.6. The number of fused-ring (bicyclic) bond motifs is 1. The van der Waals surface area contributed by atoms with Crippen LogP contribution in [0.2, 0.25) is 0 Å². The Morgan fingerprint density at radius 1 is 1.00 bits per heavy atom. The van der Waals surface area contributed by atoms with Crippen molar-refractivity contribution in [1.29, 1.82) is 0 Å². The molecule has 1 aromatic heterocycles. The number of carbonyl (C=O) groups is 2. The highest BCUT2D eigenvalue weighted by molar-refractivity contribution is 7.16. The molecule has 1 aromatic carbocycles. The first-order valence-electron chi connectivity index (χ1n) is 10.1. The molecule has 0 bridgehead atoms. The first-order chi connectivity index (χ1) is 13.9. The number of piperazine rings is 1.